The maximum Gasteiger partial charge on any atom is 0.266 e. The average molecular weight is 478 g/mol. The maximum atomic E-state index is 13.6. The van der Waals surface area contributed by atoms with E-state index >= 15 is 0 Å². The Bertz CT molecular complexity index is 1350. The van der Waals surface area contributed by atoms with Gasteiger partial charge in [0.2, 0.25) is 5.91 Å². The number of benzene rings is 2. The topological polar surface area (TPSA) is 68.3 Å². The van der Waals surface area contributed by atoms with E-state index in [0.29, 0.717) is 39.6 Å². The van der Waals surface area contributed by atoms with E-state index in [4.69, 9.17) is 21.0 Å². The number of nitrogens with zero attached hydrogens (tertiary/aromatic N) is 3. The SMILES string of the molecule is CC(c1nc2ccccc2c(=O)n1-c1ccc(Cl)cc1)N(Cc1ccco1)C(=O)CC(C)(C)C. The molecule has 0 bridgehead atoms. The number of hydrogen-bond donors (Lipinski definition) is 0. The van der Waals surface area contributed by atoms with Crippen molar-refractivity contribution < 1.29 is 9.21 Å². The number of carbonyl (C=O) groups excluding carboxylic acids is 1. The Morgan fingerprint density at radius 3 is 2.44 bits per heavy atom. The molecular weight excluding hydrogens is 450 g/mol. The monoisotopic (exact) mass is 477 g/mol. The Labute approximate surface area is 203 Å². The molecule has 6 nitrogen and oxygen atoms in total. The third-order valence-electron chi connectivity index (χ3n) is 5.64. The molecule has 2 heterocycles. The molecule has 2 aromatic heterocycles. The quantitative estimate of drug-likeness (QED) is 0.333. The molecule has 4 rings (SSSR count). The summed E-state index contributed by atoms with van der Waals surface area (Å²) in [5, 5.41) is 1.08. The Hall–Kier alpha value is -3.38. The highest BCUT2D eigenvalue weighted by Gasteiger charge is 2.30. The largest absolute Gasteiger partial charge is 0.467 e. The van der Waals surface area contributed by atoms with Gasteiger partial charge in [0.1, 0.15) is 11.6 Å². The fourth-order valence-corrected chi connectivity index (χ4v) is 4.10. The van der Waals surface area contributed by atoms with Gasteiger partial charge in [0.15, 0.2) is 0 Å². The van der Waals surface area contributed by atoms with Crippen LogP contribution >= 0.6 is 11.6 Å². The van der Waals surface area contributed by atoms with Crippen LogP contribution in [-0.2, 0) is 11.3 Å². The van der Waals surface area contributed by atoms with Crippen LogP contribution in [0, 0.1) is 5.41 Å². The standard InChI is InChI=1S/C27H28ClN3O3/c1-18(30(17-21-8-7-15-34-21)24(32)16-27(2,3)4)25-29-23-10-6-5-9-22(23)26(33)31(25)20-13-11-19(28)12-14-20/h5-15,18H,16-17H2,1-4H3. The van der Waals surface area contributed by atoms with Crippen LogP contribution in [0.5, 0.6) is 0 Å². The summed E-state index contributed by atoms with van der Waals surface area (Å²) in [6, 6.07) is 17.4. The molecule has 0 fully saturated rings. The van der Waals surface area contributed by atoms with Crippen molar-refractivity contribution in [3.05, 3.63) is 93.9 Å². The first-order valence-corrected chi connectivity index (χ1v) is 11.6. The van der Waals surface area contributed by atoms with E-state index in [2.05, 4.69) is 0 Å². The predicted octanol–water partition coefficient (Wildman–Crippen LogP) is 6.16. The van der Waals surface area contributed by atoms with Gasteiger partial charge in [0, 0.05) is 11.4 Å². The molecule has 0 aliphatic carbocycles. The number of furan rings is 1. The summed E-state index contributed by atoms with van der Waals surface area (Å²) in [6.07, 6.45) is 1.93. The highest BCUT2D eigenvalue weighted by Crippen LogP contribution is 2.28. The zero-order valence-electron chi connectivity index (χ0n) is 19.8. The summed E-state index contributed by atoms with van der Waals surface area (Å²) in [5.74, 6) is 1.09. The molecular formula is C27H28ClN3O3. The van der Waals surface area contributed by atoms with E-state index in [1.807, 2.05) is 52.0 Å². The molecule has 1 atom stereocenters. The number of amides is 1. The zero-order valence-corrected chi connectivity index (χ0v) is 20.5. The van der Waals surface area contributed by atoms with E-state index in [0.717, 1.165) is 0 Å². The van der Waals surface area contributed by atoms with Crippen LogP contribution in [0.25, 0.3) is 16.6 Å². The van der Waals surface area contributed by atoms with Crippen LogP contribution in [-0.4, -0.2) is 20.4 Å². The van der Waals surface area contributed by atoms with Gasteiger partial charge in [-0.1, -0.05) is 44.5 Å². The fraction of sp³-hybridized carbons (Fsp3) is 0.296. The van der Waals surface area contributed by atoms with Crippen LogP contribution in [0.4, 0.5) is 0 Å². The van der Waals surface area contributed by atoms with Crippen LogP contribution < -0.4 is 5.56 Å². The summed E-state index contributed by atoms with van der Waals surface area (Å²) in [6.45, 7) is 8.24. The van der Waals surface area contributed by atoms with Crippen molar-refractivity contribution in [3.63, 3.8) is 0 Å². The van der Waals surface area contributed by atoms with Gasteiger partial charge >= 0.3 is 0 Å². The molecule has 34 heavy (non-hydrogen) atoms. The maximum absolute atomic E-state index is 13.6. The number of halogens is 1. The number of carbonyl (C=O) groups is 1. The third kappa shape index (κ3) is 5.07. The molecule has 0 aliphatic rings. The van der Waals surface area contributed by atoms with Gasteiger partial charge in [0.25, 0.3) is 5.56 Å². The van der Waals surface area contributed by atoms with E-state index < -0.39 is 6.04 Å². The highest BCUT2D eigenvalue weighted by atomic mass is 35.5. The van der Waals surface area contributed by atoms with E-state index in [9.17, 15) is 9.59 Å². The second kappa shape index (κ2) is 9.47. The molecule has 0 spiro atoms. The van der Waals surface area contributed by atoms with Crippen LogP contribution in [0.1, 0.15) is 51.7 Å². The molecule has 0 saturated heterocycles. The smallest absolute Gasteiger partial charge is 0.266 e. The van der Waals surface area contributed by atoms with Gasteiger partial charge in [-0.05, 0) is 60.9 Å². The van der Waals surface area contributed by atoms with Crippen molar-refractivity contribution in [2.45, 2.75) is 46.7 Å². The third-order valence-corrected chi connectivity index (χ3v) is 5.89. The Morgan fingerprint density at radius 1 is 1.09 bits per heavy atom. The van der Waals surface area contributed by atoms with Crippen molar-refractivity contribution in [3.8, 4) is 5.69 Å². The van der Waals surface area contributed by atoms with Crippen molar-refractivity contribution in [1.82, 2.24) is 14.5 Å². The molecule has 176 valence electrons. The predicted molar refractivity (Wildman–Crippen MR) is 134 cm³/mol. The normalized spacial score (nSPS) is 12.6. The molecule has 0 N–H and O–H groups in total. The van der Waals surface area contributed by atoms with Gasteiger partial charge in [-0.3, -0.25) is 14.2 Å². The first-order chi connectivity index (χ1) is 16.1. The average Bonchev–Trinajstić information content (AvgIpc) is 3.30. The molecule has 1 unspecified atom stereocenters. The molecule has 7 heteroatoms. The molecule has 0 saturated carbocycles. The fourth-order valence-electron chi connectivity index (χ4n) is 3.98. The number of hydrogen-bond acceptors (Lipinski definition) is 4. The minimum Gasteiger partial charge on any atom is -0.467 e. The van der Waals surface area contributed by atoms with E-state index in [1.165, 1.54) is 0 Å². The van der Waals surface area contributed by atoms with Crippen molar-refractivity contribution in [2.75, 3.05) is 0 Å². The number of rotatable bonds is 6. The summed E-state index contributed by atoms with van der Waals surface area (Å²) in [5.41, 5.74) is 0.817. The highest BCUT2D eigenvalue weighted by molar-refractivity contribution is 6.30. The molecule has 1 amide bonds. The lowest BCUT2D eigenvalue weighted by Crippen LogP contribution is -2.38. The molecule has 2 aromatic carbocycles. The summed E-state index contributed by atoms with van der Waals surface area (Å²) >= 11 is 6.10. The van der Waals surface area contributed by atoms with Crippen LogP contribution in [0.15, 0.2) is 76.1 Å². The minimum absolute atomic E-state index is 0.0403. The molecule has 0 aliphatic heterocycles. The van der Waals surface area contributed by atoms with Gasteiger partial charge in [-0.2, -0.15) is 0 Å². The van der Waals surface area contributed by atoms with E-state index in [1.54, 1.807) is 52.1 Å². The van der Waals surface area contributed by atoms with Gasteiger partial charge in [0.05, 0.1) is 35.4 Å². The van der Waals surface area contributed by atoms with Gasteiger partial charge in [-0.25, -0.2) is 4.98 Å². The lowest BCUT2D eigenvalue weighted by Gasteiger charge is -2.32. The first kappa shape index (κ1) is 23.8. The molecule has 4 aromatic rings. The van der Waals surface area contributed by atoms with E-state index in [-0.39, 0.29) is 23.4 Å². The Kier molecular flexibility index (Phi) is 6.62. The lowest BCUT2D eigenvalue weighted by molar-refractivity contribution is -0.136. The number of aromatic nitrogens is 2. The summed E-state index contributed by atoms with van der Waals surface area (Å²) in [7, 11) is 0. The zero-order chi connectivity index (χ0) is 24.5. The summed E-state index contributed by atoms with van der Waals surface area (Å²) < 4.78 is 7.13. The van der Waals surface area contributed by atoms with Gasteiger partial charge < -0.3 is 9.32 Å². The number of fused-ring (bicyclic) bond motifs is 1. The number of para-hydroxylation sites is 1. The van der Waals surface area contributed by atoms with Crippen LogP contribution in [0.2, 0.25) is 5.02 Å². The summed E-state index contributed by atoms with van der Waals surface area (Å²) in [4.78, 5) is 33.7. The Balaban J connectivity index is 1.89. The second-order valence-electron chi connectivity index (χ2n) is 9.62. The first-order valence-electron chi connectivity index (χ1n) is 11.2. The van der Waals surface area contributed by atoms with Crippen molar-refractivity contribution in [1.29, 1.82) is 0 Å². The van der Waals surface area contributed by atoms with Crippen molar-refractivity contribution >= 4 is 28.4 Å². The van der Waals surface area contributed by atoms with Crippen LogP contribution in [0.3, 0.4) is 0 Å². The second-order valence-corrected chi connectivity index (χ2v) is 10.1. The minimum atomic E-state index is -0.507. The van der Waals surface area contributed by atoms with Gasteiger partial charge in [-0.15, -0.1) is 0 Å². The van der Waals surface area contributed by atoms with Crippen molar-refractivity contribution in [2.24, 2.45) is 5.41 Å². The lowest BCUT2D eigenvalue weighted by atomic mass is 9.91. The molecule has 0 radical (unpaired) electrons. The Morgan fingerprint density at radius 2 is 1.79 bits per heavy atom.